The highest BCUT2D eigenvalue weighted by Crippen LogP contribution is 2.20. The van der Waals surface area contributed by atoms with Crippen LogP contribution < -0.4 is 5.32 Å². The number of thioether (sulfide) groups is 1. The molecule has 1 aromatic rings. The van der Waals surface area contributed by atoms with E-state index in [2.05, 4.69) is 43.4 Å². The van der Waals surface area contributed by atoms with E-state index in [1.807, 2.05) is 11.8 Å². The summed E-state index contributed by atoms with van der Waals surface area (Å²) in [6, 6.07) is 8.94. The molecule has 0 bridgehead atoms. The fourth-order valence-electron chi connectivity index (χ4n) is 1.49. The fourth-order valence-corrected chi connectivity index (χ4v) is 2.40. The monoisotopic (exact) mass is 239 g/mol. The predicted octanol–water partition coefficient (Wildman–Crippen LogP) is 2.71. The normalized spacial score (nSPS) is 12.7. The highest BCUT2D eigenvalue weighted by Gasteiger charge is 2.00. The van der Waals surface area contributed by atoms with Gasteiger partial charge >= 0.3 is 0 Å². The van der Waals surface area contributed by atoms with Crippen LogP contribution in [-0.4, -0.2) is 32.1 Å². The number of nitrogens with one attached hydrogen (secondary N) is 1. The highest BCUT2D eigenvalue weighted by molar-refractivity contribution is 7.99. The van der Waals surface area contributed by atoms with E-state index in [1.165, 1.54) is 10.5 Å². The first kappa shape index (κ1) is 13.6. The van der Waals surface area contributed by atoms with Crippen molar-refractivity contribution >= 4 is 11.8 Å². The van der Waals surface area contributed by atoms with Crippen LogP contribution in [0, 0.1) is 6.92 Å². The minimum atomic E-state index is 0.433. The Morgan fingerprint density at radius 3 is 2.81 bits per heavy atom. The number of methoxy groups -OCH3 is 1. The summed E-state index contributed by atoms with van der Waals surface area (Å²) in [4.78, 5) is 1.38. The molecule has 1 atom stereocenters. The second kappa shape index (κ2) is 7.71. The Hall–Kier alpha value is -0.510. The number of aryl methyl sites for hydroxylation is 1. The molecule has 2 nitrogen and oxygen atoms in total. The van der Waals surface area contributed by atoms with Crippen LogP contribution in [0.5, 0.6) is 0 Å². The number of rotatable bonds is 7. The number of ether oxygens (including phenoxy) is 1. The Kier molecular flexibility index (Phi) is 6.53. The highest BCUT2D eigenvalue weighted by atomic mass is 32.2. The van der Waals surface area contributed by atoms with Crippen LogP contribution in [0.2, 0.25) is 0 Å². The third kappa shape index (κ3) is 5.01. The van der Waals surface area contributed by atoms with Gasteiger partial charge in [0.2, 0.25) is 0 Å². The molecule has 1 unspecified atom stereocenters. The summed E-state index contributed by atoms with van der Waals surface area (Å²) in [5, 5.41) is 3.43. The molecule has 0 amide bonds. The predicted molar refractivity (Wildman–Crippen MR) is 71.2 cm³/mol. The van der Waals surface area contributed by atoms with Crippen molar-refractivity contribution < 1.29 is 4.74 Å². The minimum Gasteiger partial charge on any atom is -0.383 e. The largest absolute Gasteiger partial charge is 0.383 e. The summed E-state index contributed by atoms with van der Waals surface area (Å²) in [5.74, 6) is 1.10. The zero-order valence-corrected chi connectivity index (χ0v) is 11.1. The molecule has 1 N–H and O–H groups in total. The van der Waals surface area contributed by atoms with Gasteiger partial charge < -0.3 is 10.1 Å². The molecule has 0 fully saturated rings. The van der Waals surface area contributed by atoms with Crippen LogP contribution in [0.3, 0.4) is 0 Å². The lowest BCUT2D eigenvalue weighted by Crippen LogP contribution is -2.31. The molecular weight excluding hydrogens is 218 g/mol. The number of benzene rings is 1. The molecule has 0 aliphatic heterocycles. The first-order valence-electron chi connectivity index (χ1n) is 5.64. The van der Waals surface area contributed by atoms with E-state index in [9.17, 15) is 0 Å². The molecule has 0 aliphatic carbocycles. The zero-order chi connectivity index (χ0) is 11.8. The van der Waals surface area contributed by atoms with E-state index in [-0.39, 0.29) is 0 Å². The van der Waals surface area contributed by atoms with Gasteiger partial charge in [0.05, 0.1) is 6.61 Å². The van der Waals surface area contributed by atoms with Crippen LogP contribution >= 0.6 is 11.8 Å². The van der Waals surface area contributed by atoms with Gasteiger partial charge in [0.15, 0.2) is 0 Å². The summed E-state index contributed by atoms with van der Waals surface area (Å²) in [6.45, 7) is 6.09. The minimum absolute atomic E-state index is 0.433. The quantitative estimate of drug-likeness (QED) is 0.584. The van der Waals surface area contributed by atoms with Gasteiger partial charge in [-0.3, -0.25) is 0 Å². The van der Waals surface area contributed by atoms with Crippen LogP contribution in [-0.2, 0) is 4.74 Å². The van der Waals surface area contributed by atoms with Crippen molar-refractivity contribution in [3.63, 3.8) is 0 Å². The molecule has 3 heteroatoms. The summed E-state index contributed by atoms with van der Waals surface area (Å²) in [7, 11) is 1.74. The van der Waals surface area contributed by atoms with E-state index in [0.717, 1.165) is 18.9 Å². The SMILES string of the molecule is COCC(C)NCCSc1ccccc1C. The average Bonchev–Trinajstić information content (AvgIpc) is 2.27. The number of hydrogen-bond acceptors (Lipinski definition) is 3. The van der Waals surface area contributed by atoms with E-state index < -0.39 is 0 Å². The maximum atomic E-state index is 5.07. The van der Waals surface area contributed by atoms with E-state index in [0.29, 0.717) is 6.04 Å². The van der Waals surface area contributed by atoms with Gasteiger partial charge in [0.1, 0.15) is 0 Å². The van der Waals surface area contributed by atoms with Gasteiger partial charge in [-0.1, -0.05) is 18.2 Å². The molecule has 0 aliphatic rings. The summed E-state index contributed by atoms with van der Waals surface area (Å²) in [6.07, 6.45) is 0. The zero-order valence-electron chi connectivity index (χ0n) is 10.3. The first-order chi connectivity index (χ1) is 7.74. The summed E-state index contributed by atoms with van der Waals surface area (Å²) in [5.41, 5.74) is 1.36. The van der Waals surface area contributed by atoms with Crippen molar-refractivity contribution in [1.29, 1.82) is 0 Å². The first-order valence-corrected chi connectivity index (χ1v) is 6.63. The van der Waals surface area contributed by atoms with Gasteiger partial charge in [-0.25, -0.2) is 0 Å². The van der Waals surface area contributed by atoms with Gasteiger partial charge in [-0.05, 0) is 25.5 Å². The molecule has 0 radical (unpaired) electrons. The molecule has 90 valence electrons. The average molecular weight is 239 g/mol. The lowest BCUT2D eigenvalue weighted by molar-refractivity contribution is 0.173. The van der Waals surface area contributed by atoms with Crippen LogP contribution in [0.25, 0.3) is 0 Å². The van der Waals surface area contributed by atoms with E-state index in [4.69, 9.17) is 4.74 Å². The Balaban J connectivity index is 2.19. The van der Waals surface area contributed by atoms with E-state index in [1.54, 1.807) is 7.11 Å². The summed E-state index contributed by atoms with van der Waals surface area (Å²) < 4.78 is 5.07. The Morgan fingerprint density at radius 1 is 1.38 bits per heavy atom. The molecular formula is C13H21NOS. The van der Waals surface area contributed by atoms with Crippen molar-refractivity contribution in [3.05, 3.63) is 29.8 Å². The van der Waals surface area contributed by atoms with Crippen molar-refractivity contribution in [2.75, 3.05) is 26.0 Å². The molecule has 0 saturated carbocycles. The van der Waals surface area contributed by atoms with Crippen molar-refractivity contribution in [2.24, 2.45) is 0 Å². The fraction of sp³-hybridized carbons (Fsp3) is 0.538. The Bertz CT molecular complexity index is 304. The Labute approximate surface area is 103 Å². The van der Waals surface area contributed by atoms with Gasteiger partial charge in [0, 0.05) is 30.3 Å². The second-order valence-corrected chi connectivity index (χ2v) is 5.06. The van der Waals surface area contributed by atoms with Gasteiger partial charge in [-0.2, -0.15) is 0 Å². The summed E-state index contributed by atoms with van der Waals surface area (Å²) >= 11 is 1.90. The maximum Gasteiger partial charge on any atom is 0.0613 e. The van der Waals surface area contributed by atoms with Crippen molar-refractivity contribution in [3.8, 4) is 0 Å². The molecule has 1 aromatic carbocycles. The smallest absolute Gasteiger partial charge is 0.0613 e. The molecule has 0 heterocycles. The third-order valence-corrected chi connectivity index (χ3v) is 3.54. The topological polar surface area (TPSA) is 21.3 Å². The van der Waals surface area contributed by atoms with Crippen molar-refractivity contribution in [2.45, 2.75) is 24.8 Å². The molecule has 1 rings (SSSR count). The lowest BCUT2D eigenvalue weighted by Gasteiger charge is -2.12. The number of hydrogen-bond donors (Lipinski definition) is 1. The van der Waals surface area contributed by atoms with E-state index >= 15 is 0 Å². The van der Waals surface area contributed by atoms with Crippen LogP contribution in [0.4, 0.5) is 0 Å². The standard InChI is InChI=1S/C13H21NOS/c1-11-6-4-5-7-13(11)16-9-8-14-12(2)10-15-3/h4-7,12,14H,8-10H2,1-3H3. The van der Waals surface area contributed by atoms with Crippen LogP contribution in [0.1, 0.15) is 12.5 Å². The third-order valence-electron chi connectivity index (χ3n) is 2.36. The maximum absolute atomic E-state index is 5.07. The molecule has 0 saturated heterocycles. The van der Waals surface area contributed by atoms with Gasteiger partial charge in [0.25, 0.3) is 0 Å². The molecule has 16 heavy (non-hydrogen) atoms. The van der Waals surface area contributed by atoms with Gasteiger partial charge in [-0.15, -0.1) is 11.8 Å². The lowest BCUT2D eigenvalue weighted by atomic mass is 10.2. The second-order valence-electron chi connectivity index (χ2n) is 3.92. The molecule has 0 aromatic heterocycles. The van der Waals surface area contributed by atoms with Crippen LogP contribution in [0.15, 0.2) is 29.2 Å². The molecule has 0 spiro atoms. The van der Waals surface area contributed by atoms with Crippen molar-refractivity contribution in [1.82, 2.24) is 5.32 Å². The Morgan fingerprint density at radius 2 is 2.12 bits per heavy atom.